The SMILES string of the molecule is O=c1[nH]c(C[NH+]2CCCC2)nc2scc(-c3ccc(Cl)cc3)c12. The van der Waals surface area contributed by atoms with E-state index in [-0.39, 0.29) is 5.56 Å². The average molecular weight is 347 g/mol. The summed E-state index contributed by atoms with van der Waals surface area (Å²) in [6, 6.07) is 7.55. The molecule has 0 spiro atoms. The molecule has 6 heteroatoms. The first kappa shape index (κ1) is 14.9. The second-order valence-electron chi connectivity index (χ2n) is 5.98. The third-order valence-electron chi connectivity index (χ3n) is 4.38. The van der Waals surface area contributed by atoms with Gasteiger partial charge >= 0.3 is 0 Å². The van der Waals surface area contributed by atoms with E-state index in [1.54, 1.807) is 0 Å². The zero-order valence-corrected chi connectivity index (χ0v) is 14.1. The lowest BCUT2D eigenvalue weighted by atomic mass is 10.1. The largest absolute Gasteiger partial charge is 0.329 e. The Hall–Kier alpha value is -1.69. The molecule has 0 bridgehead atoms. The summed E-state index contributed by atoms with van der Waals surface area (Å²) in [5.41, 5.74) is 1.87. The van der Waals surface area contributed by atoms with Gasteiger partial charge in [-0.25, -0.2) is 4.98 Å². The number of thiophene rings is 1. The van der Waals surface area contributed by atoms with Crippen LogP contribution in [0.1, 0.15) is 18.7 Å². The fourth-order valence-electron chi connectivity index (χ4n) is 3.21. The van der Waals surface area contributed by atoms with Crippen LogP contribution in [0, 0.1) is 0 Å². The molecular formula is C17H17ClN3OS+. The summed E-state index contributed by atoms with van der Waals surface area (Å²) in [7, 11) is 0. The molecule has 0 aliphatic carbocycles. The second-order valence-corrected chi connectivity index (χ2v) is 7.28. The normalized spacial score (nSPS) is 15.5. The van der Waals surface area contributed by atoms with Gasteiger partial charge in [0.15, 0.2) is 5.82 Å². The van der Waals surface area contributed by atoms with Gasteiger partial charge in [0.2, 0.25) is 0 Å². The van der Waals surface area contributed by atoms with Crippen LogP contribution in [0.4, 0.5) is 0 Å². The van der Waals surface area contributed by atoms with Crippen LogP contribution < -0.4 is 10.5 Å². The van der Waals surface area contributed by atoms with Crippen LogP contribution in [-0.4, -0.2) is 23.1 Å². The molecule has 4 nitrogen and oxygen atoms in total. The van der Waals surface area contributed by atoms with Crippen molar-refractivity contribution in [2.45, 2.75) is 19.4 Å². The Kier molecular flexibility index (Phi) is 3.93. The summed E-state index contributed by atoms with van der Waals surface area (Å²) >= 11 is 7.47. The van der Waals surface area contributed by atoms with E-state index in [2.05, 4.69) is 9.97 Å². The average Bonchev–Trinajstić information content (AvgIpc) is 3.18. The highest BCUT2D eigenvalue weighted by Gasteiger charge is 2.19. The molecule has 4 rings (SSSR count). The molecule has 1 saturated heterocycles. The molecule has 3 heterocycles. The van der Waals surface area contributed by atoms with Crippen LogP contribution in [0.5, 0.6) is 0 Å². The number of hydrogen-bond donors (Lipinski definition) is 2. The summed E-state index contributed by atoms with van der Waals surface area (Å²) in [5, 5.41) is 3.37. The van der Waals surface area contributed by atoms with E-state index in [4.69, 9.17) is 11.6 Å². The fourth-order valence-corrected chi connectivity index (χ4v) is 4.30. The number of fused-ring (bicyclic) bond motifs is 1. The van der Waals surface area contributed by atoms with Crippen molar-refractivity contribution >= 4 is 33.2 Å². The number of hydrogen-bond acceptors (Lipinski definition) is 3. The predicted molar refractivity (Wildman–Crippen MR) is 94.3 cm³/mol. The molecule has 1 aromatic carbocycles. The van der Waals surface area contributed by atoms with Gasteiger partial charge in [-0.15, -0.1) is 11.3 Å². The summed E-state index contributed by atoms with van der Waals surface area (Å²) in [6.45, 7) is 3.14. The van der Waals surface area contributed by atoms with Gasteiger partial charge in [-0.05, 0) is 17.7 Å². The molecule has 2 N–H and O–H groups in total. The van der Waals surface area contributed by atoms with Crippen LogP contribution in [0.25, 0.3) is 21.3 Å². The molecule has 118 valence electrons. The highest BCUT2D eigenvalue weighted by molar-refractivity contribution is 7.17. The van der Waals surface area contributed by atoms with E-state index in [1.807, 2.05) is 29.6 Å². The monoisotopic (exact) mass is 346 g/mol. The quantitative estimate of drug-likeness (QED) is 0.765. The highest BCUT2D eigenvalue weighted by atomic mass is 35.5. The maximum absolute atomic E-state index is 12.6. The molecule has 23 heavy (non-hydrogen) atoms. The van der Waals surface area contributed by atoms with Crippen LogP contribution in [-0.2, 0) is 6.54 Å². The zero-order chi connectivity index (χ0) is 15.8. The van der Waals surface area contributed by atoms with Crippen molar-refractivity contribution in [3.05, 3.63) is 50.8 Å². The Labute approximate surface area is 142 Å². The molecule has 1 aliphatic heterocycles. The Bertz CT molecular complexity index is 894. The molecule has 0 amide bonds. The number of aromatic amines is 1. The maximum Gasteiger partial charge on any atom is 0.260 e. The lowest BCUT2D eigenvalue weighted by molar-refractivity contribution is -0.902. The molecule has 1 aliphatic rings. The number of quaternary nitrogens is 1. The van der Waals surface area contributed by atoms with E-state index in [0.29, 0.717) is 10.4 Å². The van der Waals surface area contributed by atoms with Gasteiger partial charge in [-0.3, -0.25) is 4.79 Å². The van der Waals surface area contributed by atoms with E-state index < -0.39 is 0 Å². The lowest BCUT2D eigenvalue weighted by Crippen LogP contribution is -3.08. The van der Waals surface area contributed by atoms with Crippen LogP contribution in [0.2, 0.25) is 5.02 Å². The zero-order valence-electron chi connectivity index (χ0n) is 12.6. The third kappa shape index (κ3) is 2.92. The Morgan fingerprint density at radius 3 is 2.70 bits per heavy atom. The molecule has 0 atom stereocenters. The topological polar surface area (TPSA) is 50.2 Å². The van der Waals surface area contributed by atoms with Crippen LogP contribution in [0.3, 0.4) is 0 Å². The van der Waals surface area contributed by atoms with Crippen molar-refractivity contribution in [3.63, 3.8) is 0 Å². The lowest BCUT2D eigenvalue weighted by Gasteiger charge is -2.10. The van der Waals surface area contributed by atoms with Gasteiger partial charge in [-0.2, -0.15) is 0 Å². The van der Waals surface area contributed by atoms with Gasteiger partial charge in [0.05, 0.1) is 18.5 Å². The number of likely N-dealkylation sites (tertiary alicyclic amines) is 1. The first-order valence-corrected chi connectivity index (χ1v) is 9.06. The van der Waals surface area contributed by atoms with Crippen molar-refractivity contribution in [1.82, 2.24) is 9.97 Å². The number of H-pyrrole nitrogens is 1. The highest BCUT2D eigenvalue weighted by Crippen LogP contribution is 2.31. The van der Waals surface area contributed by atoms with Crippen molar-refractivity contribution in [2.75, 3.05) is 13.1 Å². The van der Waals surface area contributed by atoms with Gasteiger partial charge in [-0.1, -0.05) is 23.7 Å². The molecular weight excluding hydrogens is 330 g/mol. The van der Waals surface area contributed by atoms with E-state index in [0.717, 1.165) is 28.3 Å². The molecule has 0 unspecified atom stereocenters. The van der Waals surface area contributed by atoms with Gasteiger partial charge in [0.25, 0.3) is 5.56 Å². The fraction of sp³-hybridized carbons (Fsp3) is 0.294. The summed E-state index contributed by atoms with van der Waals surface area (Å²) in [6.07, 6.45) is 2.53. The summed E-state index contributed by atoms with van der Waals surface area (Å²) in [5.74, 6) is 0.795. The van der Waals surface area contributed by atoms with Crippen LogP contribution >= 0.6 is 22.9 Å². The van der Waals surface area contributed by atoms with Gasteiger partial charge in [0.1, 0.15) is 11.4 Å². The minimum Gasteiger partial charge on any atom is -0.329 e. The standard InChI is InChI=1S/C17H16ClN3OS/c18-12-5-3-11(4-6-12)13-10-23-17-15(13)16(22)19-14(20-17)9-21-7-1-2-8-21/h3-6,10H,1-2,7-9H2,(H,19,20,22)/p+1. The molecule has 1 fully saturated rings. The first-order valence-electron chi connectivity index (χ1n) is 7.80. The number of rotatable bonds is 3. The minimum atomic E-state index is -0.0465. The number of benzene rings is 1. The molecule has 0 saturated carbocycles. The van der Waals surface area contributed by atoms with E-state index >= 15 is 0 Å². The minimum absolute atomic E-state index is 0.0465. The summed E-state index contributed by atoms with van der Waals surface area (Å²) in [4.78, 5) is 22.5. The van der Waals surface area contributed by atoms with Crippen molar-refractivity contribution in [2.24, 2.45) is 0 Å². The predicted octanol–water partition coefficient (Wildman–Crippen LogP) is 2.48. The Balaban J connectivity index is 1.74. The molecule has 3 aromatic rings. The molecule has 0 radical (unpaired) electrons. The number of nitrogens with zero attached hydrogens (tertiary/aromatic N) is 1. The maximum atomic E-state index is 12.6. The van der Waals surface area contributed by atoms with Crippen molar-refractivity contribution < 1.29 is 4.90 Å². The first-order chi connectivity index (χ1) is 11.2. The Morgan fingerprint density at radius 1 is 1.22 bits per heavy atom. The smallest absolute Gasteiger partial charge is 0.260 e. The van der Waals surface area contributed by atoms with Gasteiger partial charge < -0.3 is 9.88 Å². The third-order valence-corrected chi connectivity index (χ3v) is 5.50. The van der Waals surface area contributed by atoms with Gasteiger partial charge in [0, 0.05) is 28.8 Å². The Morgan fingerprint density at radius 2 is 1.96 bits per heavy atom. The van der Waals surface area contributed by atoms with Crippen molar-refractivity contribution in [1.29, 1.82) is 0 Å². The van der Waals surface area contributed by atoms with Crippen LogP contribution in [0.15, 0.2) is 34.4 Å². The number of halogens is 1. The van der Waals surface area contributed by atoms with E-state index in [9.17, 15) is 4.79 Å². The number of aromatic nitrogens is 2. The van der Waals surface area contributed by atoms with Crippen molar-refractivity contribution in [3.8, 4) is 11.1 Å². The second kappa shape index (κ2) is 6.07. The molecule has 2 aromatic heterocycles. The number of nitrogens with one attached hydrogen (secondary N) is 2. The summed E-state index contributed by atoms with van der Waals surface area (Å²) < 4.78 is 0. The van der Waals surface area contributed by atoms with E-state index in [1.165, 1.54) is 42.2 Å².